The van der Waals surface area contributed by atoms with Crippen LogP contribution in [0.1, 0.15) is 37.7 Å². The Labute approximate surface area is 173 Å². The number of guanidine groups is 1. The molecule has 1 aromatic carbocycles. The second-order valence-corrected chi connectivity index (χ2v) is 7.29. The van der Waals surface area contributed by atoms with Gasteiger partial charge in [-0.15, -0.1) is 24.0 Å². The van der Waals surface area contributed by atoms with Crippen molar-refractivity contribution in [1.82, 2.24) is 15.5 Å². The van der Waals surface area contributed by atoms with Gasteiger partial charge in [-0.05, 0) is 50.2 Å². The van der Waals surface area contributed by atoms with Crippen molar-refractivity contribution in [3.63, 3.8) is 0 Å². The van der Waals surface area contributed by atoms with E-state index in [1.807, 2.05) is 25.2 Å². The standard InChI is InChI=1S/C19H29ClN4.HI/c1-21-19(22-12-4-6-15-5-2-3-7-18(15)20)23-16-10-13-24(14-11-16)17-8-9-17;/h2-3,5,7,16-17H,4,6,8-14H2,1H3,(H2,21,22,23);1H. The average Bonchev–Trinajstić information content (AvgIpc) is 3.45. The second kappa shape index (κ2) is 10.6. The largest absolute Gasteiger partial charge is 0.356 e. The van der Waals surface area contributed by atoms with Gasteiger partial charge in [-0.25, -0.2) is 0 Å². The van der Waals surface area contributed by atoms with E-state index in [0.29, 0.717) is 6.04 Å². The lowest BCUT2D eigenvalue weighted by molar-refractivity contribution is 0.197. The zero-order valence-corrected chi connectivity index (χ0v) is 18.1. The van der Waals surface area contributed by atoms with E-state index in [1.165, 1.54) is 44.3 Å². The van der Waals surface area contributed by atoms with E-state index >= 15 is 0 Å². The Morgan fingerprint density at radius 3 is 2.56 bits per heavy atom. The molecule has 6 heteroatoms. The predicted octanol–water partition coefficient (Wildman–Crippen LogP) is 3.68. The summed E-state index contributed by atoms with van der Waals surface area (Å²) in [5.74, 6) is 0.930. The highest BCUT2D eigenvalue weighted by Gasteiger charge is 2.31. The Bertz CT molecular complexity index is 554. The number of likely N-dealkylation sites (tertiary alicyclic amines) is 1. The lowest BCUT2D eigenvalue weighted by Gasteiger charge is -2.33. The lowest BCUT2D eigenvalue weighted by Crippen LogP contribution is -2.49. The Morgan fingerprint density at radius 2 is 1.92 bits per heavy atom. The van der Waals surface area contributed by atoms with E-state index in [9.17, 15) is 0 Å². The van der Waals surface area contributed by atoms with Crippen LogP contribution in [0.5, 0.6) is 0 Å². The SMILES string of the molecule is CN=C(NCCCc1ccccc1Cl)NC1CCN(C2CC2)CC1.I. The maximum Gasteiger partial charge on any atom is 0.191 e. The third kappa shape index (κ3) is 6.61. The Balaban J connectivity index is 0.00000225. The van der Waals surface area contributed by atoms with Crippen molar-refractivity contribution in [2.75, 3.05) is 26.7 Å². The number of nitrogens with zero attached hydrogens (tertiary/aromatic N) is 2. The van der Waals surface area contributed by atoms with Crippen molar-refractivity contribution >= 4 is 41.5 Å². The minimum Gasteiger partial charge on any atom is -0.356 e. The van der Waals surface area contributed by atoms with Crippen molar-refractivity contribution < 1.29 is 0 Å². The maximum atomic E-state index is 6.20. The van der Waals surface area contributed by atoms with E-state index in [4.69, 9.17) is 11.6 Å². The molecule has 1 aliphatic carbocycles. The number of aryl methyl sites for hydroxylation is 1. The third-order valence-electron chi connectivity index (χ3n) is 5.03. The monoisotopic (exact) mass is 476 g/mol. The van der Waals surface area contributed by atoms with Gasteiger partial charge in [0.2, 0.25) is 0 Å². The Hall–Kier alpha value is -0.530. The number of piperidine rings is 1. The number of hydrogen-bond donors (Lipinski definition) is 2. The second-order valence-electron chi connectivity index (χ2n) is 6.88. The topological polar surface area (TPSA) is 39.7 Å². The summed E-state index contributed by atoms with van der Waals surface area (Å²) in [5, 5.41) is 7.88. The van der Waals surface area contributed by atoms with E-state index in [0.717, 1.165) is 36.4 Å². The van der Waals surface area contributed by atoms with E-state index in [-0.39, 0.29) is 24.0 Å². The Morgan fingerprint density at radius 1 is 1.20 bits per heavy atom. The van der Waals surface area contributed by atoms with Crippen LogP contribution < -0.4 is 10.6 Å². The molecule has 0 bridgehead atoms. The molecule has 2 aliphatic rings. The molecule has 25 heavy (non-hydrogen) atoms. The van der Waals surface area contributed by atoms with E-state index < -0.39 is 0 Å². The molecule has 1 aliphatic heterocycles. The fourth-order valence-corrected chi connectivity index (χ4v) is 3.65. The van der Waals surface area contributed by atoms with Crippen LogP contribution in [0.3, 0.4) is 0 Å². The summed E-state index contributed by atoms with van der Waals surface area (Å²) >= 11 is 6.20. The minimum absolute atomic E-state index is 0. The zero-order chi connectivity index (χ0) is 16.8. The third-order valence-corrected chi connectivity index (χ3v) is 5.40. The molecular formula is C19H30ClIN4. The number of benzene rings is 1. The molecule has 2 fully saturated rings. The maximum absolute atomic E-state index is 6.20. The molecule has 0 spiro atoms. The first kappa shape index (κ1) is 20.8. The molecule has 0 aromatic heterocycles. The summed E-state index contributed by atoms with van der Waals surface area (Å²) in [6, 6.07) is 9.53. The first-order valence-electron chi connectivity index (χ1n) is 9.21. The smallest absolute Gasteiger partial charge is 0.191 e. The fraction of sp³-hybridized carbons (Fsp3) is 0.632. The molecule has 3 rings (SSSR count). The van der Waals surface area contributed by atoms with Crippen LogP contribution in [0.2, 0.25) is 5.02 Å². The van der Waals surface area contributed by atoms with Crippen LogP contribution in [0, 0.1) is 0 Å². The molecule has 1 saturated carbocycles. The highest BCUT2D eigenvalue weighted by atomic mass is 127. The quantitative estimate of drug-likeness (QED) is 0.285. The van der Waals surface area contributed by atoms with Crippen molar-refractivity contribution in [3.8, 4) is 0 Å². The average molecular weight is 477 g/mol. The van der Waals surface area contributed by atoms with Gasteiger partial charge in [-0.2, -0.15) is 0 Å². The van der Waals surface area contributed by atoms with Crippen LogP contribution in [0.4, 0.5) is 0 Å². The summed E-state index contributed by atoms with van der Waals surface area (Å²) < 4.78 is 0. The van der Waals surface area contributed by atoms with E-state index in [2.05, 4.69) is 26.6 Å². The number of halogens is 2. The first-order chi connectivity index (χ1) is 11.8. The van der Waals surface area contributed by atoms with Crippen LogP contribution in [0.15, 0.2) is 29.3 Å². The molecular weight excluding hydrogens is 447 g/mol. The zero-order valence-electron chi connectivity index (χ0n) is 15.0. The van der Waals surface area contributed by atoms with Gasteiger partial charge in [0.05, 0.1) is 0 Å². The summed E-state index contributed by atoms with van der Waals surface area (Å²) in [4.78, 5) is 7.02. The normalized spacial score (nSPS) is 19.4. The fourth-order valence-electron chi connectivity index (χ4n) is 3.42. The molecule has 4 nitrogen and oxygen atoms in total. The number of rotatable bonds is 6. The molecule has 1 aromatic rings. The summed E-state index contributed by atoms with van der Waals surface area (Å²) in [5.41, 5.74) is 1.22. The van der Waals surface area contributed by atoms with Gasteiger partial charge < -0.3 is 15.5 Å². The molecule has 1 heterocycles. The molecule has 1 saturated heterocycles. The van der Waals surface area contributed by atoms with Gasteiger partial charge in [0, 0.05) is 43.8 Å². The summed E-state index contributed by atoms with van der Waals surface area (Å²) in [6.07, 6.45) is 7.29. The Kier molecular flexibility index (Phi) is 8.79. The highest BCUT2D eigenvalue weighted by molar-refractivity contribution is 14.0. The molecule has 0 unspecified atom stereocenters. The van der Waals surface area contributed by atoms with Crippen LogP contribution in [-0.2, 0) is 6.42 Å². The molecule has 0 radical (unpaired) electrons. The summed E-state index contributed by atoms with van der Waals surface area (Å²) in [6.45, 7) is 3.36. The van der Waals surface area contributed by atoms with Gasteiger partial charge in [0.25, 0.3) is 0 Å². The van der Waals surface area contributed by atoms with Gasteiger partial charge in [0.1, 0.15) is 0 Å². The van der Waals surface area contributed by atoms with Crippen LogP contribution in [-0.4, -0.2) is 49.6 Å². The van der Waals surface area contributed by atoms with Crippen molar-refractivity contribution in [3.05, 3.63) is 34.9 Å². The number of aliphatic imine (C=N–C) groups is 1. The van der Waals surface area contributed by atoms with Gasteiger partial charge in [0.15, 0.2) is 5.96 Å². The van der Waals surface area contributed by atoms with Crippen molar-refractivity contribution in [2.45, 2.75) is 50.6 Å². The highest BCUT2D eigenvalue weighted by Crippen LogP contribution is 2.29. The van der Waals surface area contributed by atoms with Crippen LogP contribution >= 0.6 is 35.6 Å². The predicted molar refractivity (Wildman–Crippen MR) is 117 cm³/mol. The number of hydrogen-bond acceptors (Lipinski definition) is 2. The van der Waals surface area contributed by atoms with Gasteiger partial charge in [-0.3, -0.25) is 4.99 Å². The van der Waals surface area contributed by atoms with Gasteiger partial charge in [-0.1, -0.05) is 29.8 Å². The molecule has 140 valence electrons. The molecule has 0 amide bonds. The van der Waals surface area contributed by atoms with Gasteiger partial charge >= 0.3 is 0 Å². The lowest BCUT2D eigenvalue weighted by atomic mass is 10.1. The van der Waals surface area contributed by atoms with Crippen LogP contribution in [0.25, 0.3) is 0 Å². The first-order valence-corrected chi connectivity index (χ1v) is 9.58. The summed E-state index contributed by atoms with van der Waals surface area (Å²) in [7, 11) is 1.85. The van der Waals surface area contributed by atoms with Crippen molar-refractivity contribution in [1.29, 1.82) is 0 Å². The van der Waals surface area contributed by atoms with Crippen molar-refractivity contribution in [2.24, 2.45) is 4.99 Å². The number of nitrogens with one attached hydrogen (secondary N) is 2. The minimum atomic E-state index is 0. The molecule has 0 atom stereocenters. The van der Waals surface area contributed by atoms with E-state index in [1.54, 1.807) is 0 Å². The molecule has 2 N–H and O–H groups in total.